The molecule has 6 radical (unpaired) electrons. The Morgan fingerprint density at radius 2 is 1.00 bits per heavy atom. The van der Waals surface area contributed by atoms with E-state index in [1.807, 2.05) is 156 Å². The summed E-state index contributed by atoms with van der Waals surface area (Å²) in [6.45, 7) is 31.8. The number of ether oxygens (including phenoxy) is 7. The maximum Gasteiger partial charge on any atom is 0.302 e. The number of Topliss-reactive ketones (excluding diaryl/α,β-unsaturated/α-hetero) is 2. The summed E-state index contributed by atoms with van der Waals surface area (Å²) in [4.78, 5) is 77.2. The van der Waals surface area contributed by atoms with Crippen molar-refractivity contribution in [3.63, 3.8) is 0 Å². The van der Waals surface area contributed by atoms with E-state index in [0.717, 1.165) is 38.6 Å². The Kier molecular flexibility index (Phi) is 136. The first-order chi connectivity index (χ1) is 44.6. The van der Waals surface area contributed by atoms with Crippen LogP contribution in [0, 0.1) is 46.2 Å². The van der Waals surface area contributed by atoms with Crippen molar-refractivity contribution < 1.29 is 271 Å². The first-order valence-corrected chi connectivity index (χ1v) is 30.9. The minimum atomic E-state index is -3.03. The number of nitrogens with zero attached hydrogens (tertiary/aromatic N) is 6. The molecule has 22 nitrogen and oxygen atoms in total. The summed E-state index contributed by atoms with van der Waals surface area (Å²) in [5.41, 5.74) is 2.30. The monoisotopic (exact) mass is 1900 g/mol. The maximum atomic E-state index is 10.6. The quantitative estimate of drug-likeness (QED) is 0.0446. The van der Waals surface area contributed by atoms with Crippen LogP contribution in [0.15, 0.2) is 165 Å². The Hall–Kier alpha value is -2.60. The average molecular weight is 1900 g/mol. The van der Waals surface area contributed by atoms with Crippen molar-refractivity contribution in [3.8, 4) is 17.2 Å². The maximum absolute atomic E-state index is 10.6. The van der Waals surface area contributed by atoms with Gasteiger partial charge in [0.2, 0.25) is 11.8 Å². The molecular formula is C73H120N6O16SY6-6. The second-order valence-electron chi connectivity index (χ2n) is 18.1. The van der Waals surface area contributed by atoms with E-state index in [4.69, 9.17) is 14.2 Å². The molecule has 0 atom stereocenters. The van der Waals surface area contributed by atoms with Crippen LogP contribution in [0.25, 0.3) is 0 Å². The van der Waals surface area contributed by atoms with Gasteiger partial charge in [0.05, 0.1) is 97.1 Å². The summed E-state index contributed by atoms with van der Waals surface area (Å²) in [5, 5.41) is 0. The fourth-order valence-corrected chi connectivity index (χ4v) is 4.77. The van der Waals surface area contributed by atoms with Gasteiger partial charge in [-0.05, 0) is 109 Å². The molecule has 4 amide bonds. The predicted molar refractivity (Wildman–Crippen MR) is 393 cm³/mol. The van der Waals surface area contributed by atoms with Crippen molar-refractivity contribution in [2.24, 2.45) is 7.05 Å². The smallest absolute Gasteiger partial charge is 0.302 e. The van der Waals surface area contributed by atoms with Crippen molar-refractivity contribution in [2.75, 3.05) is 106 Å². The molecule has 102 heavy (non-hydrogen) atoms. The standard InChI is InChI=1S/C8H10O.2C7H8O.C6H10O.C5H7NO2.C5H6NO2.C5H10NO.C5H7N.C5H7O.C4H10NO2S.C4H8NO.C4H8O.C3H6O2.2C2H6.CH3.6Y/c1-7-3-5-8(9-2)6-4-7;2*1-8-7-5-3-2-4-6-7;1-4-6(2)5-7-3;2*1-6-3-4(7)2-5(6)8;1-4-5(7)6(2)3;1-6-4-2-3-5-6;1-3-4-5-6-2;1-4-8(6,7)5(2)3;1-4(6)5(2)3;1-4(2)5-3;1-3(4)5-2;2*1-2;;;;;;;/h3-6H,1-2H3;2*2-6H,1H3;4-5H,1H2,2-3H3;2-3H2,1H3;3H,2H2,1H3;4H,1-3H3;2-5H,1H3;3,5H,1H2,2H3;4H,1-3H3;2H2,1,3H3;1H2,2-3H3;1-2H3;2*1-2H3;1H3;;;;;;/q;;;;;2*-1;;3*-1;;;;;-1;;;;;;. The van der Waals surface area contributed by atoms with E-state index < -0.39 is 10.0 Å². The first kappa shape index (κ1) is 138. The van der Waals surface area contributed by atoms with E-state index in [1.54, 1.807) is 104 Å². The third-order valence-electron chi connectivity index (χ3n) is 9.81. The summed E-state index contributed by atoms with van der Waals surface area (Å²) in [7, 11) is 24.7. The van der Waals surface area contributed by atoms with E-state index in [1.165, 1.54) is 92.4 Å². The normalized spacial score (nSPS) is 9.82. The van der Waals surface area contributed by atoms with Gasteiger partial charge in [0, 0.05) is 256 Å². The van der Waals surface area contributed by atoms with E-state index in [2.05, 4.69) is 58.7 Å². The van der Waals surface area contributed by atoms with Crippen molar-refractivity contribution >= 4 is 51.2 Å². The molecule has 0 saturated carbocycles. The number of carbonyl (C=O) groups is 7. The number of benzene rings is 3. The molecule has 2 fully saturated rings. The minimum absolute atomic E-state index is 0. The topological polar surface area (TPSA) is 239 Å². The summed E-state index contributed by atoms with van der Waals surface area (Å²) < 4.78 is 56.9. The Balaban J connectivity index is -0.0000000557. The van der Waals surface area contributed by atoms with Crippen LogP contribution in [-0.4, -0.2) is 184 Å². The zero-order chi connectivity index (χ0) is 75.9. The van der Waals surface area contributed by atoms with Gasteiger partial charge >= 0.3 is 5.97 Å². The fraction of sp³-hybridized carbons (Fsp3) is 0.397. The molecule has 0 spiro atoms. The van der Waals surface area contributed by atoms with Crippen LogP contribution in [0.3, 0.4) is 0 Å². The van der Waals surface area contributed by atoms with Gasteiger partial charge in [-0.15, -0.1) is 0 Å². The second-order valence-corrected chi connectivity index (χ2v) is 20.3. The molecule has 0 N–H and O–H groups in total. The van der Waals surface area contributed by atoms with Crippen molar-refractivity contribution in [1.82, 2.24) is 28.5 Å². The van der Waals surface area contributed by atoms with Gasteiger partial charge in [-0.25, -0.2) is 38.0 Å². The Morgan fingerprint density at radius 3 is 1.12 bits per heavy atom. The molecular weight excluding hydrogens is 1780 g/mol. The summed E-state index contributed by atoms with van der Waals surface area (Å²) in [6.07, 6.45) is 14.7. The van der Waals surface area contributed by atoms with Gasteiger partial charge in [-0.1, -0.05) is 101 Å². The fourth-order valence-electron chi connectivity index (χ4n) is 4.35. The molecule has 0 aliphatic carbocycles. The number of methoxy groups -OCH3 is 7. The summed E-state index contributed by atoms with van der Waals surface area (Å²) in [5.74, 6) is 4.19. The number of para-hydroxylation sites is 2. The van der Waals surface area contributed by atoms with E-state index in [9.17, 15) is 42.0 Å². The minimum Gasteiger partial charge on any atom is -0.524 e. The number of sulfonamides is 1. The van der Waals surface area contributed by atoms with Crippen LogP contribution in [0.4, 0.5) is 0 Å². The van der Waals surface area contributed by atoms with Crippen LogP contribution >= 0.6 is 0 Å². The number of rotatable bonds is 11. The molecule has 2 aliphatic heterocycles. The SMILES string of the molecule is C=C(C)OC.C=CC(C)=COC.C=C[C-]=COC.CC.CC.CN1CC(=O)CC1=O.CN1[CH-]C(=O)CC1=O.COC(C)=O.COc1ccc(C)cc1.COc1ccccc1.COc1ccccc1.C[CH-]C(=O)N(C)C.C[CH-]S(=O)(=O)N(C)C.Cn1cccc1.[CH2-]N(C)C(C)=O.[CH3-].[Y].[Y].[Y].[Y].[Y].[Y]. The molecule has 2 aliphatic rings. The summed E-state index contributed by atoms with van der Waals surface area (Å²) in [6, 6.07) is 31.3. The third kappa shape index (κ3) is 108. The van der Waals surface area contributed by atoms with Gasteiger partial charge in [0.1, 0.15) is 17.2 Å². The molecule has 29 heteroatoms. The Bertz CT molecular complexity index is 2650. The zero-order valence-electron chi connectivity index (χ0n) is 66.5. The number of aryl methyl sites for hydroxylation is 2. The van der Waals surface area contributed by atoms with Crippen molar-refractivity contribution in [3.05, 3.63) is 210 Å². The van der Waals surface area contributed by atoms with Gasteiger partial charge in [-0.3, -0.25) is 31.0 Å². The Morgan fingerprint density at radius 1 is 0.627 bits per heavy atom. The molecule has 568 valence electrons. The number of allylic oxidation sites excluding steroid dienone is 5. The van der Waals surface area contributed by atoms with Crippen molar-refractivity contribution in [2.45, 2.75) is 89.0 Å². The molecule has 4 aromatic rings. The van der Waals surface area contributed by atoms with Crippen LogP contribution in [0.5, 0.6) is 17.2 Å². The molecule has 0 unspecified atom stereocenters. The van der Waals surface area contributed by atoms with Gasteiger partial charge < -0.3 is 80.8 Å². The van der Waals surface area contributed by atoms with Gasteiger partial charge in [0.25, 0.3) is 0 Å². The number of esters is 1. The van der Waals surface area contributed by atoms with Crippen molar-refractivity contribution in [1.29, 1.82) is 0 Å². The third-order valence-corrected chi connectivity index (χ3v) is 11.4. The van der Waals surface area contributed by atoms with Crippen LogP contribution < -0.4 is 14.2 Å². The largest absolute Gasteiger partial charge is 0.524 e. The predicted octanol–water partition coefficient (Wildman–Crippen LogP) is 12.7. The van der Waals surface area contributed by atoms with Crippen LogP contribution in [-0.2, 0) is 266 Å². The average Bonchev–Trinajstić information content (AvgIpc) is 1.74. The number of hydrogen-bond acceptors (Lipinski definition) is 16. The molecule has 3 aromatic carbocycles. The zero-order valence-corrected chi connectivity index (χ0v) is 84.3. The molecule has 0 bridgehead atoms. The molecule has 3 heterocycles. The van der Waals surface area contributed by atoms with Gasteiger partial charge in [0.15, 0.2) is 11.7 Å². The first-order valence-electron chi connectivity index (χ1n) is 29.4. The number of likely N-dealkylation sites (N-methyl/N-ethyl adjacent to an activating group) is 2. The number of carbonyl (C=O) groups excluding carboxylic acids is 7. The van der Waals surface area contributed by atoms with Crippen LogP contribution in [0.1, 0.15) is 87.6 Å². The number of hydrogen-bond donors (Lipinski definition) is 0. The second kappa shape index (κ2) is 100. The number of ketones is 2. The van der Waals surface area contributed by atoms with E-state index in [0.29, 0.717) is 6.54 Å². The van der Waals surface area contributed by atoms with E-state index >= 15 is 0 Å². The van der Waals surface area contributed by atoms with E-state index in [-0.39, 0.29) is 258 Å². The molecule has 6 rings (SSSR count). The number of likely N-dealkylation sites (tertiary alicyclic amines) is 2. The van der Waals surface area contributed by atoms with Crippen LogP contribution in [0.2, 0.25) is 0 Å². The Labute approximate surface area is 769 Å². The molecule has 2 saturated heterocycles. The van der Waals surface area contributed by atoms with Gasteiger partial charge in [-0.2, -0.15) is 19.6 Å². The number of aromatic nitrogens is 1. The number of amides is 4. The molecule has 1 aromatic heterocycles. The summed E-state index contributed by atoms with van der Waals surface area (Å²) >= 11 is 0.